The van der Waals surface area contributed by atoms with Crippen LogP contribution in [0.2, 0.25) is 0 Å². The number of rotatable bonds is 4. The molecular weight excluding hydrogens is 194 g/mol. The first-order chi connectivity index (χ1) is 7.14. The van der Waals surface area contributed by atoms with E-state index in [-0.39, 0.29) is 17.2 Å². The van der Waals surface area contributed by atoms with Crippen LogP contribution >= 0.6 is 0 Å². The molecule has 2 unspecified atom stereocenters. The van der Waals surface area contributed by atoms with Crippen molar-refractivity contribution in [3.8, 4) is 0 Å². The number of hydrogen-bond acceptors (Lipinski definition) is 4. The maximum Gasteiger partial charge on any atom is 0.0939 e. The third-order valence-corrected chi connectivity index (χ3v) is 3.55. The normalized spacial score (nSPS) is 44.6. The predicted octanol–water partition coefficient (Wildman–Crippen LogP) is 0.688. The number of methoxy groups -OCH3 is 2. The third-order valence-electron chi connectivity index (χ3n) is 3.55. The van der Waals surface area contributed by atoms with E-state index in [1.807, 2.05) is 0 Å². The standard InChI is InChI=1S/C11H21NO3/c1-13-7-10-3-4-11(15-10,8-14-2)6-9(12)5-10/h9H,3-8,12H2,1-2H3/t9?,10-,11?/m0/s1. The highest BCUT2D eigenvalue weighted by atomic mass is 16.6. The van der Waals surface area contributed by atoms with Crippen LogP contribution in [0.5, 0.6) is 0 Å². The van der Waals surface area contributed by atoms with E-state index in [2.05, 4.69) is 0 Å². The summed E-state index contributed by atoms with van der Waals surface area (Å²) in [6, 6.07) is 0.214. The lowest BCUT2D eigenvalue weighted by Crippen LogP contribution is -2.52. The van der Waals surface area contributed by atoms with Crippen LogP contribution < -0.4 is 5.73 Å². The van der Waals surface area contributed by atoms with Gasteiger partial charge in [-0.15, -0.1) is 0 Å². The molecule has 0 radical (unpaired) electrons. The first-order valence-electron chi connectivity index (χ1n) is 5.57. The van der Waals surface area contributed by atoms with Crippen molar-refractivity contribution in [1.82, 2.24) is 0 Å². The minimum absolute atomic E-state index is 0.148. The minimum atomic E-state index is -0.148. The summed E-state index contributed by atoms with van der Waals surface area (Å²) in [7, 11) is 3.43. The van der Waals surface area contributed by atoms with Crippen LogP contribution in [-0.2, 0) is 14.2 Å². The van der Waals surface area contributed by atoms with Crippen molar-refractivity contribution < 1.29 is 14.2 Å². The first kappa shape index (κ1) is 11.3. The van der Waals surface area contributed by atoms with E-state index in [9.17, 15) is 0 Å². The molecule has 0 aromatic rings. The lowest BCUT2D eigenvalue weighted by Gasteiger charge is -2.42. The van der Waals surface area contributed by atoms with Crippen LogP contribution in [0.1, 0.15) is 25.7 Å². The maximum absolute atomic E-state index is 6.19. The summed E-state index contributed by atoms with van der Waals surface area (Å²) >= 11 is 0. The van der Waals surface area contributed by atoms with E-state index in [0.717, 1.165) is 25.7 Å². The molecule has 2 N–H and O–H groups in total. The minimum Gasteiger partial charge on any atom is -0.382 e. The van der Waals surface area contributed by atoms with Gasteiger partial charge in [0.1, 0.15) is 0 Å². The highest BCUT2D eigenvalue weighted by Gasteiger charge is 2.54. The van der Waals surface area contributed by atoms with Gasteiger partial charge in [-0.2, -0.15) is 0 Å². The van der Waals surface area contributed by atoms with E-state index in [1.54, 1.807) is 14.2 Å². The Morgan fingerprint density at radius 1 is 1.13 bits per heavy atom. The highest BCUT2D eigenvalue weighted by molar-refractivity contribution is 5.05. The fraction of sp³-hybridized carbons (Fsp3) is 1.00. The van der Waals surface area contributed by atoms with Gasteiger partial charge < -0.3 is 19.9 Å². The Bertz CT molecular complexity index is 214. The van der Waals surface area contributed by atoms with Gasteiger partial charge in [-0.3, -0.25) is 0 Å². The summed E-state index contributed by atoms with van der Waals surface area (Å²) in [6.45, 7) is 1.29. The molecule has 2 rings (SSSR count). The van der Waals surface area contributed by atoms with Gasteiger partial charge in [0.25, 0.3) is 0 Å². The fourth-order valence-corrected chi connectivity index (χ4v) is 3.18. The largest absolute Gasteiger partial charge is 0.382 e. The topological polar surface area (TPSA) is 53.7 Å². The van der Waals surface area contributed by atoms with Gasteiger partial charge in [0.2, 0.25) is 0 Å². The van der Waals surface area contributed by atoms with Gasteiger partial charge in [0, 0.05) is 20.3 Å². The number of fused-ring (bicyclic) bond motifs is 2. The molecule has 0 aromatic carbocycles. The van der Waals surface area contributed by atoms with E-state index in [1.165, 1.54) is 0 Å². The molecule has 0 amide bonds. The Hall–Kier alpha value is -0.160. The quantitative estimate of drug-likeness (QED) is 0.749. The molecule has 2 fully saturated rings. The van der Waals surface area contributed by atoms with Crippen LogP contribution in [0.3, 0.4) is 0 Å². The van der Waals surface area contributed by atoms with Crippen LogP contribution in [-0.4, -0.2) is 44.7 Å². The van der Waals surface area contributed by atoms with Crippen molar-refractivity contribution in [3.05, 3.63) is 0 Å². The van der Waals surface area contributed by atoms with Crippen LogP contribution in [0.15, 0.2) is 0 Å². The van der Waals surface area contributed by atoms with Crippen molar-refractivity contribution in [2.24, 2.45) is 5.73 Å². The molecule has 2 bridgehead atoms. The van der Waals surface area contributed by atoms with Crippen molar-refractivity contribution >= 4 is 0 Å². The number of ether oxygens (including phenoxy) is 3. The second kappa shape index (κ2) is 4.01. The maximum atomic E-state index is 6.19. The zero-order chi connectivity index (χ0) is 10.9. The molecule has 0 aliphatic carbocycles. The summed E-state index contributed by atoms with van der Waals surface area (Å²) < 4.78 is 16.7. The molecule has 2 heterocycles. The number of hydrogen-bond donors (Lipinski definition) is 1. The van der Waals surface area contributed by atoms with E-state index in [0.29, 0.717) is 13.2 Å². The summed E-state index contributed by atoms with van der Waals surface area (Å²) in [5, 5.41) is 0. The van der Waals surface area contributed by atoms with Gasteiger partial charge in [-0.05, 0) is 25.7 Å². The van der Waals surface area contributed by atoms with Gasteiger partial charge in [-0.1, -0.05) is 0 Å². The van der Waals surface area contributed by atoms with Crippen molar-refractivity contribution in [1.29, 1.82) is 0 Å². The first-order valence-corrected chi connectivity index (χ1v) is 5.57. The Kier molecular flexibility index (Phi) is 3.03. The van der Waals surface area contributed by atoms with Gasteiger partial charge in [0.15, 0.2) is 0 Å². The molecule has 0 saturated carbocycles. The zero-order valence-corrected chi connectivity index (χ0v) is 9.62. The monoisotopic (exact) mass is 215 g/mol. The van der Waals surface area contributed by atoms with Crippen molar-refractivity contribution in [2.45, 2.75) is 42.9 Å². The van der Waals surface area contributed by atoms with E-state index < -0.39 is 0 Å². The van der Waals surface area contributed by atoms with Gasteiger partial charge >= 0.3 is 0 Å². The van der Waals surface area contributed by atoms with E-state index >= 15 is 0 Å². The third kappa shape index (κ3) is 2.04. The van der Waals surface area contributed by atoms with Crippen molar-refractivity contribution in [2.75, 3.05) is 27.4 Å². The van der Waals surface area contributed by atoms with Gasteiger partial charge in [-0.25, -0.2) is 0 Å². The zero-order valence-electron chi connectivity index (χ0n) is 9.62. The predicted molar refractivity (Wildman–Crippen MR) is 56.7 cm³/mol. The summed E-state index contributed by atoms with van der Waals surface area (Å²) in [5.41, 5.74) is 5.80. The SMILES string of the molecule is COCC12CC[C@@](COC)(CC(N)C1)O2. The highest BCUT2D eigenvalue weighted by Crippen LogP contribution is 2.47. The van der Waals surface area contributed by atoms with Crippen molar-refractivity contribution in [3.63, 3.8) is 0 Å². The molecule has 15 heavy (non-hydrogen) atoms. The lowest BCUT2D eigenvalue weighted by atomic mass is 9.90. The Balaban J connectivity index is 2.12. The molecule has 2 aliphatic rings. The second-order valence-corrected chi connectivity index (χ2v) is 5.00. The molecule has 0 aromatic heterocycles. The van der Waals surface area contributed by atoms with Crippen LogP contribution in [0.25, 0.3) is 0 Å². The van der Waals surface area contributed by atoms with Crippen LogP contribution in [0.4, 0.5) is 0 Å². The Labute approximate surface area is 91.1 Å². The Morgan fingerprint density at radius 3 is 2.00 bits per heavy atom. The second-order valence-electron chi connectivity index (χ2n) is 5.00. The fourth-order valence-electron chi connectivity index (χ4n) is 3.18. The van der Waals surface area contributed by atoms with Crippen LogP contribution in [0, 0.1) is 0 Å². The Morgan fingerprint density at radius 2 is 1.60 bits per heavy atom. The summed E-state index contributed by atoms with van der Waals surface area (Å²) in [4.78, 5) is 0. The van der Waals surface area contributed by atoms with E-state index in [4.69, 9.17) is 19.9 Å². The molecule has 4 heteroatoms. The molecule has 2 saturated heterocycles. The summed E-state index contributed by atoms with van der Waals surface area (Å²) in [6.07, 6.45) is 3.90. The molecule has 88 valence electrons. The molecule has 2 aliphatic heterocycles. The molecule has 4 nitrogen and oxygen atoms in total. The molecule has 0 spiro atoms. The average Bonchev–Trinajstić information content (AvgIpc) is 2.39. The van der Waals surface area contributed by atoms with Gasteiger partial charge in [0.05, 0.1) is 24.4 Å². The summed E-state index contributed by atoms with van der Waals surface area (Å²) in [5.74, 6) is 0. The molecule has 3 atom stereocenters. The molecular formula is C11H21NO3. The number of nitrogens with two attached hydrogens (primary N) is 1. The lowest BCUT2D eigenvalue weighted by molar-refractivity contribution is -0.182. The smallest absolute Gasteiger partial charge is 0.0939 e. The average molecular weight is 215 g/mol.